The molecule has 2 aromatic carbocycles. The zero-order valence-corrected chi connectivity index (χ0v) is 24.2. The van der Waals surface area contributed by atoms with Crippen LogP contribution in [0.1, 0.15) is 50.4 Å². The number of piperidine rings is 1. The van der Waals surface area contributed by atoms with Crippen LogP contribution in [0.5, 0.6) is 0 Å². The number of fused-ring (bicyclic) bond motifs is 1. The zero-order valence-electron chi connectivity index (χ0n) is 23.4. The summed E-state index contributed by atoms with van der Waals surface area (Å²) in [5, 5.41) is 7.86. The van der Waals surface area contributed by atoms with Crippen molar-refractivity contribution in [3.63, 3.8) is 0 Å². The first-order valence-electron chi connectivity index (χ1n) is 13.6. The van der Waals surface area contributed by atoms with Gasteiger partial charge in [0.25, 0.3) is 0 Å². The molecule has 40 heavy (non-hydrogen) atoms. The molecule has 0 unspecified atom stereocenters. The molecule has 0 aliphatic carbocycles. The Balaban J connectivity index is 1.33. The fraction of sp³-hybridized carbons (Fsp3) is 0.367. The number of carbonyl (C=O) groups is 1. The molecule has 4 aromatic rings. The lowest BCUT2D eigenvalue weighted by atomic mass is 9.90. The smallest absolute Gasteiger partial charge is 0.247 e. The summed E-state index contributed by atoms with van der Waals surface area (Å²) in [4.78, 5) is 19.9. The van der Waals surface area contributed by atoms with Gasteiger partial charge in [-0.1, -0.05) is 18.2 Å². The molecular formula is C30H36N6O3S. The molecule has 9 nitrogen and oxygen atoms in total. The quantitative estimate of drug-likeness (QED) is 0.288. The maximum atomic E-state index is 12.9. The first kappa shape index (κ1) is 27.9. The number of likely N-dealkylation sites (tertiary alicyclic amines) is 1. The zero-order chi connectivity index (χ0) is 28.5. The molecule has 210 valence electrons. The van der Waals surface area contributed by atoms with E-state index in [9.17, 15) is 13.2 Å². The molecule has 0 bridgehead atoms. The molecule has 3 heterocycles. The van der Waals surface area contributed by atoms with Crippen LogP contribution >= 0.6 is 0 Å². The normalized spacial score (nSPS) is 15.4. The number of Topliss-reactive ketones (excluding diaryl/α,β-unsaturated/α-hetero) is 1. The number of nitrogens with zero attached hydrogens (tertiary/aromatic N) is 4. The number of anilines is 2. The highest BCUT2D eigenvalue weighted by Crippen LogP contribution is 2.26. The molecular weight excluding hydrogens is 524 g/mol. The minimum atomic E-state index is -3.69. The van der Waals surface area contributed by atoms with Crippen LogP contribution in [-0.4, -0.2) is 59.4 Å². The van der Waals surface area contributed by atoms with Gasteiger partial charge in [0.15, 0.2) is 11.4 Å². The van der Waals surface area contributed by atoms with Gasteiger partial charge in [0.05, 0.1) is 10.6 Å². The third-order valence-corrected chi connectivity index (χ3v) is 8.77. The van der Waals surface area contributed by atoms with Gasteiger partial charge in [-0.2, -0.15) is 4.98 Å². The van der Waals surface area contributed by atoms with Crippen molar-refractivity contribution in [1.29, 1.82) is 0 Å². The van der Waals surface area contributed by atoms with Crippen molar-refractivity contribution in [3.8, 4) is 11.3 Å². The number of rotatable bonds is 8. The van der Waals surface area contributed by atoms with Crippen LogP contribution in [0.15, 0.2) is 71.6 Å². The van der Waals surface area contributed by atoms with Crippen molar-refractivity contribution in [2.75, 3.05) is 25.5 Å². The standard InChI is InChI=1S/C30H36N6O3S/c1-30(2,3)34-40(38,39)25-8-5-7-23(20-25)26-9-6-10-28-32-29(33-36(26)28)31-24-13-11-22(12-14-24)27(37)19-21-15-17-35(4)18-16-21/h5-14,20-21,34H,15-19H2,1-4H3,(H,31,33). The predicted octanol–water partition coefficient (Wildman–Crippen LogP) is 5.13. The number of ketones is 1. The van der Waals surface area contributed by atoms with Crippen LogP contribution in [0.4, 0.5) is 11.6 Å². The monoisotopic (exact) mass is 560 g/mol. The van der Waals surface area contributed by atoms with E-state index in [0.29, 0.717) is 40.8 Å². The largest absolute Gasteiger partial charge is 0.323 e. The fourth-order valence-electron chi connectivity index (χ4n) is 4.98. The highest BCUT2D eigenvalue weighted by atomic mass is 32.2. The number of carbonyl (C=O) groups excluding carboxylic acids is 1. The molecule has 1 fully saturated rings. The summed E-state index contributed by atoms with van der Waals surface area (Å²) in [7, 11) is -1.57. The SMILES string of the molecule is CN1CCC(CC(=O)c2ccc(Nc3nc4cccc(-c5cccc(S(=O)(=O)NC(C)(C)C)c5)n4n3)cc2)CC1. The molecule has 0 radical (unpaired) electrons. The number of benzene rings is 2. The first-order chi connectivity index (χ1) is 19.0. The lowest BCUT2D eigenvalue weighted by molar-refractivity contribution is 0.0936. The van der Waals surface area contributed by atoms with Crippen LogP contribution in [0.3, 0.4) is 0 Å². The molecule has 1 aliphatic rings. The van der Waals surface area contributed by atoms with Crippen molar-refractivity contribution >= 4 is 33.1 Å². The van der Waals surface area contributed by atoms with Crippen LogP contribution < -0.4 is 10.0 Å². The summed E-state index contributed by atoms with van der Waals surface area (Å²) < 4.78 is 30.2. The molecule has 5 rings (SSSR count). The van der Waals surface area contributed by atoms with E-state index in [4.69, 9.17) is 0 Å². The number of nitrogens with one attached hydrogen (secondary N) is 2. The molecule has 2 N–H and O–H groups in total. The number of sulfonamides is 1. The minimum absolute atomic E-state index is 0.179. The summed E-state index contributed by atoms with van der Waals surface area (Å²) in [6.45, 7) is 7.52. The Bertz CT molecular complexity index is 1620. The second-order valence-electron chi connectivity index (χ2n) is 11.6. The number of pyridine rings is 1. The number of hydrogen-bond donors (Lipinski definition) is 2. The van der Waals surface area contributed by atoms with E-state index in [1.165, 1.54) is 0 Å². The van der Waals surface area contributed by atoms with E-state index in [-0.39, 0.29) is 10.7 Å². The Hall–Kier alpha value is -3.60. The third kappa shape index (κ3) is 6.57. The molecule has 0 spiro atoms. The summed E-state index contributed by atoms with van der Waals surface area (Å²) in [6.07, 6.45) is 2.72. The average molecular weight is 561 g/mol. The van der Waals surface area contributed by atoms with Gasteiger partial charge in [-0.3, -0.25) is 4.79 Å². The molecule has 0 amide bonds. The summed E-state index contributed by atoms with van der Waals surface area (Å²) in [5.41, 5.74) is 2.91. The van der Waals surface area contributed by atoms with Crippen molar-refractivity contribution in [1.82, 2.24) is 24.2 Å². The highest BCUT2D eigenvalue weighted by Gasteiger charge is 2.23. The van der Waals surface area contributed by atoms with Gasteiger partial charge < -0.3 is 10.2 Å². The lowest BCUT2D eigenvalue weighted by Gasteiger charge is -2.28. The Kier molecular flexibility index (Phi) is 7.76. The second kappa shape index (κ2) is 11.1. The van der Waals surface area contributed by atoms with Crippen molar-refractivity contribution in [3.05, 3.63) is 72.3 Å². The predicted molar refractivity (Wildman–Crippen MR) is 157 cm³/mol. The van der Waals surface area contributed by atoms with Crippen LogP contribution in [-0.2, 0) is 10.0 Å². The Morgan fingerprint density at radius 3 is 2.40 bits per heavy atom. The average Bonchev–Trinajstić information content (AvgIpc) is 3.31. The summed E-state index contributed by atoms with van der Waals surface area (Å²) >= 11 is 0. The van der Waals surface area contributed by atoms with Gasteiger partial charge in [-0.15, -0.1) is 5.10 Å². The topological polar surface area (TPSA) is 109 Å². The van der Waals surface area contributed by atoms with E-state index in [1.54, 1.807) is 43.5 Å². The lowest BCUT2D eigenvalue weighted by Crippen LogP contribution is -2.40. The number of hydrogen-bond acceptors (Lipinski definition) is 7. The molecule has 0 atom stereocenters. The molecule has 10 heteroatoms. The highest BCUT2D eigenvalue weighted by molar-refractivity contribution is 7.89. The van der Waals surface area contributed by atoms with E-state index in [2.05, 4.69) is 32.1 Å². The Labute approximate surface area is 235 Å². The van der Waals surface area contributed by atoms with Crippen molar-refractivity contribution in [2.24, 2.45) is 5.92 Å². The Morgan fingerprint density at radius 2 is 1.70 bits per heavy atom. The van der Waals surface area contributed by atoms with E-state index in [1.807, 2.05) is 48.5 Å². The van der Waals surface area contributed by atoms with Crippen LogP contribution in [0.2, 0.25) is 0 Å². The van der Waals surface area contributed by atoms with Gasteiger partial charge in [-0.25, -0.2) is 17.7 Å². The third-order valence-electron chi connectivity index (χ3n) is 7.02. The Morgan fingerprint density at radius 1 is 1.00 bits per heavy atom. The van der Waals surface area contributed by atoms with Crippen LogP contribution in [0, 0.1) is 5.92 Å². The minimum Gasteiger partial charge on any atom is -0.323 e. The first-order valence-corrected chi connectivity index (χ1v) is 15.0. The second-order valence-corrected chi connectivity index (χ2v) is 13.3. The fourth-order valence-corrected chi connectivity index (χ4v) is 6.44. The molecule has 1 aliphatic heterocycles. The van der Waals surface area contributed by atoms with Gasteiger partial charge in [0.1, 0.15) is 0 Å². The van der Waals surface area contributed by atoms with Crippen molar-refractivity contribution in [2.45, 2.75) is 50.5 Å². The van der Waals surface area contributed by atoms with Gasteiger partial charge >= 0.3 is 0 Å². The molecule has 0 saturated carbocycles. The van der Waals surface area contributed by atoms with E-state index in [0.717, 1.165) is 31.6 Å². The van der Waals surface area contributed by atoms with Gasteiger partial charge in [0.2, 0.25) is 16.0 Å². The van der Waals surface area contributed by atoms with Gasteiger partial charge in [0, 0.05) is 28.8 Å². The molecule has 2 aromatic heterocycles. The van der Waals surface area contributed by atoms with Gasteiger partial charge in [-0.05, 0) is 108 Å². The maximum Gasteiger partial charge on any atom is 0.247 e. The summed E-state index contributed by atoms with van der Waals surface area (Å²) in [6, 6.07) is 19.8. The number of aromatic nitrogens is 3. The molecule has 1 saturated heterocycles. The maximum absolute atomic E-state index is 12.9. The van der Waals surface area contributed by atoms with E-state index < -0.39 is 15.6 Å². The van der Waals surface area contributed by atoms with Crippen molar-refractivity contribution < 1.29 is 13.2 Å². The van der Waals surface area contributed by atoms with Crippen LogP contribution in [0.25, 0.3) is 16.9 Å². The van der Waals surface area contributed by atoms with E-state index >= 15 is 0 Å². The summed E-state index contributed by atoms with van der Waals surface area (Å²) in [5.74, 6) is 1.03.